The predicted molar refractivity (Wildman–Crippen MR) is 47.7 cm³/mol. The van der Waals surface area contributed by atoms with Gasteiger partial charge in [0.2, 0.25) is 0 Å². The summed E-state index contributed by atoms with van der Waals surface area (Å²) in [6.45, 7) is 0. The quantitative estimate of drug-likeness (QED) is 0.574. The minimum atomic E-state index is -1.46. The first kappa shape index (κ1) is 8.80. The molecule has 1 aliphatic heterocycles. The fourth-order valence-corrected chi connectivity index (χ4v) is 1.32. The van der Waals surface area contributed by atoms with Crippen molar-refractivity contribution in [1.29, 1.82) is 0 Å². The summed E-state index contributed by atoms with van der Waals surface area (Å²) in [5.41, 5.74) is 0.0719. The molecule has 0 bridgehead atoms. The van der Waals surface area contributed by atoms with Crippen LogP contribution >= 0.6 is 0 Å². The van der Waals surface area contributed by atoms with Gasteiger partial charge in [-0.05, 0) is 12.2 Å². The number of allylic oxidation sites excluding steroid dienone is 3. The number of alkyl halides is 1. The van der Waals surface area contributed by atoms with E-state index in [2.05, 4.69) is 4.99 Å². The third-order valence-electron chi connectivity index (χ3n) is 2.12. The molecule has 72 valence electrons. The standard InChI is InChI=1S/C9H7FN2O2/c1-12-8(13)5-3-2-4-6(10)7(5)11-9(12)14/h2-4,6H,1H3. The number of halogens is 1. The first-order chi connectivity index (χ1) is 6.61. The number of hydrogen-bond donors (Lipinski definition) is 0. The fraction of sp³-hybridized carbons (Fsp3) is 0.222. The number of nitrogens with zero attached hydrogens (tertiary/aromatic N) is 2. The van der Waals surface area contributed by atoms with Crippen molar-refractivity contribution in [3.8, 4) is 0 Å². The number of carbonyl (C=O) groups excluding carboxylic acids is 2. The summed E-state index contributed by atoms with van der Waals surface area (Å²) >= 11 is 0. The number of aliphatic imine (C=N–C) groups is 1. The van der Waals surface area contributed by atoms with Gasteiger partial charge in [0.25, 0.3) is 5.91 Å². The zero-order valence-electron chi connectivity index (χ0n) is 7.40. The van der Waals surface area contributed by atoms with Gasteiger partial charge in [0.05, 0.1) is 11.3 Å². The molecule has 0 N–H and O–H groups in total. The van der Waals surface area contributed by atoms with Crippen molar-refractivity contribution < 1.29 is 14.0 Å². The SMILES string of the molecule is CN1C(=O)N=C2C(=CC=CC2F)C1=O. The van der Waals surface area contributed by atoms with E-state index in [1.165, 1.54) is 25.3 Å². The van der Waals surface area contributed by atoms with Crippen LogP contribution in [0.25, 0.3) is 0 Å². The maximum absolute atomic E-state index is 13.2. The van der Waals surface area contributed by atoms with E-state index in [4.69, 9.17) is 0 Å². The first-order valence-electron chi connectivity index (χ1n) is 4.05. The minimum absolute atomic E-state index is 0.0828. The number of fused-ring (bicyclic) bond motifs is 1. The highest BCUT2D eigenvalue weighted by molar-refractivity contribution is 6.31. The summed E-state index contributed by atoms with van der Waals surface area (Å²) in [4.78, 5) is 26.9. The summed E-state index contributed by atoms with van der Waals surface area (Å²) in [7, 11) is 1.32. The van der Waals surface area contributed by atoms with Gasteiger partial charge in [-0.1, -0.05) is 6.08 Å². The van der Waals surface area contributed by atoms with Crippen LogP contribution in [-0.2, 0) is 4.79 Å². The van der Waals surface area contributed by atoms with Gasteiger partial charge in [0.1, 0.15) is 0 Å². The Morgan fingerprint density at radius 1 is 1.50 bits per heavy atom. The smallest absolute Gasteiger partial charge is 0.268 e. The molecule has 1 unspecified atom stereocenters. The number of likely N-dealkylation sites (N-methyl/N-ethyl adjacent to an activating group) is 1. The third kappa shape index (κ3) is 1.09. The number of amides is 3. The van der Waals surface area contributed by atoms with Gasteiger partial charge in [-0.2, -0.15) is 4.99 Å². The van der Waals surface area contributed by atoms with Crippen LogP contribution < -0.4 is 0 Å². The second kappa shape index (κ2) is 2.87. The number of rotatable bonds is 0. The molecular formula is C9H7FN2O2. The summed E-state index contributed by atoms with van der Waals surface area (Å²) in [6, 6.07) is -0.722. The number of carbonyl (C=O) groups is 2. The van der Waals surface area contributed by atoms with Gasteiger partial charge in [-0.15, -0.1) is 0 Å². The Morgan fingerprint density at radius 3 is 2.93 bits per heavy atom. The molecule has 0 aromatic rings. The Labute approximate surface area is 79.4 Å². The van der Waals surface area contributed by atoms with E-state index < -0.39 is 18.1 Å². The molecule has 2 rings (SSSR count). The van der Waals surface area contributed by atoms with Crippen molar-refractivity contribution in [1.82, 2.24) is 4.90 Å². The lowest BCUT2D eigenvalue weighted by Gasteiger charge is -2.23. The molecule has 0 aromatic heterocycles. The topological polar surface area (TPSA) is 49.7 Å². The van der Waals surface area contributed by atoms with Crippen LogP contribution in [0.5, 0.6) is 0 Å². The van der Waals surface area contributed by atoms with Gasteiger partial charge in [0, 0.05) is 7.05 Å². The molecule has 1 aliphatic carbocycles. The van der Waals surface area contributed by atoms with Crippen molar-refractivity contribution in [3.63, 3.8) is 0 Å². The molecule has 0 spiro atoms. The van der Waals surface area contributed by atoms with Crippen LogP contribution in [0, 0.1) is 0 Å². The summed E-state index contributed by atoms with van der Waals surface area (Å²) in [5.74, 6) is -0.507. The van der Waals surface area contributed by atoms with Crippen LogP contribution in [0.3, 0.4) is 0 Å². The van der Waals surface area contributed by atoms with Crippen LogP contribution in [0.15, 0.2) is 28.8 Å². The van der Waals surface area contributed by atoms with E-state index in [1.807, 2.05) is 0 Å². The molecule has 0 radical (unpaired) electrons. The highest BCUT2D eigenvalue weighted by atomic mass is 19.1. The van der Waals surface area contributed by atoms with Crippen molar-refractivity contribution in [2.75, 3.05) is 7.05 Å². The van der Waals surface area contributed by atoms with Crippen LogP contribution in [0.2, 0.25) is 0 Å². The van der Waals surface area contributed by atoms with Crippen LogP contribution in [0.1, 0.15) is 0 Å². The van der Waals surface area contributed by atoms with Crippen molar-refractivity contribution in [2.24, 2.45) is 4.99 Å². The lowest BCUT2D eigenvalue weighted by molar-refractivity contribution is -0.122. The van der Waals surface area contributed by atoms with Gasteiger partial charge >= 0.3 is 6.03 Å². The molecule has 1 atom stereocenters. The largest absolute Gasteiger partial charge is 0.350 e. The maximum Gasteiger partial charge on any atom is 0.350 e. The zero-order chi connectivity index (χ0) is 10.3. The Balaban J connectivity index is 2.54. The Hall–Kier alpha value is -1.78. The molecule has 2 aliphatic rings. The number of hydrogen-bond acceptors (Lipinski definition) is 2. The summed E-state index contributed by atoms with van der Waals surface area (Å²) < 4.78 is 13.2. The van der Waals surface area contributed by atoms with Crippen molar-refractivity contribution in [2.45, 2.75) is 6.17 Å². The second-order valence-corrected chi connectivity index (χ2v) is 3.01. The number of imide groups is 1. The van der Waals surface area contributed by atoms with Gasteiger partial charge in [-0.3, -0.25) is 9.69 Å². The molecule has 4 nitrogen and oxygen atoms in total. The van der Waals surface area contributed by atoms with Crippen molar-refractivity contribution >= 4 is 17.6 Å². The Morgan fingerprint density at radius 2 is 2.21 bits per heavy atom. The van der Waals surface area contributed by atoms with Crippen LogP contribution in [0.4, 0.5) is 9.18 Å². The molecule has 0 saturated heterocycles. The summed E-state index contributed by atoms with van der Waals surface area (Å²) in [5, 5.41) is 0. The monoisotopic (exact) mass is 194 g/mol. The van der Waals surface area contributed by atoms with E-state index in [0.29, 0.717) is 0 Å². The highest BCUT2D eigenvalue weighted by Gasteiger charge is 2.34. The van der Waals surface area contributed by atoms with Gasteiger partial charge in [0.15, 0.2) is 6.17 Å². The molecule has 3 amide bonds. The van der Waals surface area contributed by atoms with E-state index >= 15 is 0 Å². The number of urea groups is 1. The van der Waals surface area contributed by atoms with E-state index in [0.717, 1.165) is 4.90 Å². The Kier molecular flexibility index (Phi) is 1.80. The molecule has 0 saturated carbocycles. The maximum atomic E-state index is 13.2. The molecule has 5 heteroatoms. The van der Waals surface area contributed by atoms with Crippen LogP contribution in [-0.4, -0.2) is 35.8 Å². The molecule has 14 heavy (non-hydrogen) atoms. The lowest BCUT2D eigenvalue weighted by Crippen LogP contribution is -2.42. The average Bonchev–Trinajstić information content (AvgIpc) is 2.17. The van der Waals surface area contributed by atoms with Gasteiger partial charge in [-0.25, -0.2) is 9.18 Å². The first-order valence-corrected chi connectivity index (χ1v) is 4.05. The highest BCUT2D eigenvalue weighted by Crippen LogP contribution is 2.20. The molecule has 0 aromatic carbocycles. The lowest BCUT2D eigenvalue weighted by atomic mass is 9.98. The molecule has 0 fully saturated rings. The second-order valence-electron chi connectivity index (χ2n) is 3.01. The molecule has 1 heterocycles. The minimum Gasteiger partial charge on any atom is -0.268 e. The average molecular weight is 194 g/mol. The Bertz CT molecular complexity index is 409. The fourth-order valence-electron chi connectivity index (χ4n) is 1.32. The van der Waals surface area contributed by atoms with E-state index in [9.17, 15) is 14.0 Å². The summed E-state index contributed by atoms with van der Waals surface area (Å²) in [6.07, 6.45) is 2.69. The zero-order valence-corrected chi connectivity index (χ0v) is 7.40. The predicted octanol–water partition coefficient (Wildman–Crippen LogP) is 0.854. The van der Waals surface area contributed by atoms with E-state index in [1.54, 1.807) is 0 Å². The third-order valence-corrected chi connectivity index (χ3v) is 2.12. The van der Waals surface area contributed by atoms with Gasteiger partial charge < -0.3 is 0 Å². The molecular weight excluding hydrogens is 187 g/mol. The van der Waals surface area contributed by atoms with E-state index in [-0.39, 0.29) is 11.3 Å². The normalized spacial score (nSPS) is 25.9. The van der Waals surface area contributed by atoms with Crippen molar-refractivity contribution in [3.05, 3.63) is 23.8 Å².